The van der Waals surface area contributed by atoms with Gasteiger partial charge in [0.25, 0.3) is 0 Å². The van der Waals surface area contributed by atoms with Crippen LogP contribution < -0.4 is 5.32 Å². The van der Waals surface area contributed by atoms with Gasteiger partial charge in [-0.15, -0.1) is 0 Å². The Kier molecular flexibility index (Phi) is 3.43. The first-order chi connectivity index (χ1) is 8.43. The monoisotopic (exact) mass is 235 g/mol. The van der Waals surface area contributed by atoms with Crippen LogP contribution in [0.4, 0.5) is 0 Å². The highest BCUT2D eigenvalue weighted by Crippen LogP contribution is 2.30. The van der Waals surface area contributed by atoms with Crippen molar-refractivity contribution in [1.82, 2.24) is 14.9 Å². The molecule has 94 valence electrons. The normalized spacial score (nSPS) is 25.8. The van der Waals surface area contributed by atoms with Gasteiger partial charge in [-0.05, 0) is 12.3 Å². The van der Waals surface area contributed by atoms with Gasteiger partial charge < -0.3 is 14.6 Å². The van der Waals surface area contributed by atoms with Gasteiger partial charge in [-0.25, -0.2) is 4.98 Å². The van der Waals surface area contributed by atoms with E-state index in [2.05, 4.69) is 14.9 Å². The molecule has 0 aromatic carbocycles. The number of aryl methyl sites for hydroxylation is 1. The van der Waals surface area contributed by atoms with E-state index in [4.69, 9.17) is 4.74 Å². The van der Waals surface area contributed by atoms with Gasteiger partial charge >= 0.3 is 0 Å². The number of aromatic nitrogens is 2. The van der Waals surface area contributed by atoms with Gasteiger partial charge in [0.15, 0.2) is 0 Å². The Bertz CT molecular complexity index is 353. The van der Waals surface area contributed by atoms with Crippen molar-refractivity contribution in [3.05, 3.63) is 18.2 Å². The standard InChI is InChI=1S/C13H21N3O/c1-2-11(3-1)4-6-16-10-15-8-12(16)13-9-14-5-7-17-13/h8,10-11,13-14H,1-7,9H2. The molecular weight excluding hydrogens is 214 g/mol. The fraction of sp³-hybridized carbons (Fsp3) is 0.769. The number of hydrogen-bond donors (Lipinski definition) is 1. The molecule has 4 heteroatoms. The summed E-state index contributed by atoms with van der Waals surface area (Å²) in [5.41, 5.74) is 1.23. The summed E-state index contributed by atoms with van der Waals surface area (Å²) in [4.78, 5) is 4.27. The highest BCUT2D eigenvalue weighted by atomic mass is 16.5. The Morgan fingerprint density at radius 2 is 2.41 bits per heavy atom. The van der Waals surface area contributed by atoms with Crippen LogP contribution in [0.3, 0.4) is 0 Å². The van der Waals surface area contributed by atoms with Gasteiger partial charge in [0.2, 0.25) is 0 Å². The van der Waals surface area contributed by atoms with Crippen LogP contribution in [-0.4, -0.2) is 29.2 Å². The van der Waals surface area contributed by atoms with Gasteiger partial charge in [0, 0.05) is 19.6 Å². The number of rotatable bonds is 4. The number of nitrogens with zero attached hydrogens (tertiary/aromatic N) is 2. The first kappa shape index (κ1) is 11.2. The number of morpholine rings is 1. The van der Waals surface area contributed by atoms with Crippen LogP contribution in [0.2, 0.25) is 0 Å². The molecule has 1 N–H and O–H groups in total. The van der Waals surface area contributed by atoms with E-state index >= 15 is 0 Å². The van der Waals surface area contributed by atoms with Gasteiger partial charge in [-0.3, -0.25) is 0 Å². The molecule has 1 aromatic heterocycles. The molecule has 2 heterocycles. The van der Waals surface area contributed by atoms with E-state index in [0.29, 0.717) is 0 Å². The topological polar surface area (TPSA) is 39.1 Å². The lowest BCUT2D eigenvalue weighted by molar-refractivity contribution is 0.0225. The van der Waals surface area contributed by atoms with Crippen LogP contribution in [0.15, 0.2) is 12.5 Å². The Morgan fingerprint density at radius 3 is 3.12 bits per heavy atom. The van der Waals surface area contributed by atoms with Crippen molar-refractivity contribution >= 4 is 0 Å². The molecule has 17 heavy (non-hydrogen) atoms. The number of hydrogen-bond acceptors (Lipinski definition) is 3. The van der Waals surface area contributed by atoms with Crippen LogP contribution in [-0.2, 0) is 11.3 Å². The summed E-state index contributed by atoms with van der Waals surface area (Å²) in [5, 5.41) is 3.37. The fourth-order valence-corrected chi connectivity index (χ4v) is 2.64. The van der Waals surface area contributed by atoms with Crippen LogP contribution in [0.1, 0.15) is 37.5 Å². The highest BCUT2D eigenvalue weighted by Gasteiger charge is 2.21. The van der Waals surface area contributed by atoms with Crippen molar-refractivity contribution in [3.63, 3.8) is 0 Å². The molecule has 1 saturated heterocycles. The lowest BCUT2D eigenvalue weighted by Crippen LogP contribution is -2.34. The van der Waals surface area contributed by atoms with Crippen molar-refractivity contribution in [2.75, 3.05) is 19.7 Å². The van der Waals surface area contributed by atoms with Crippen molar-refractivity contribution in [2.45, 2.75) is 38.3 Å². The summed E-state index contributed by atoms with van der Waals surface area (Å²) in [6.45, 7) is 3.78. The molecule has 3 rings (SSSR count). The van der Waals surface area contributed by atoms with Crippen LogP contribution in [0.25, 0.3) is 0 Å². The molecule has 2 fully saturated rings. The van der Waals surface area contributed by atoms with E-state index in [1.165, 1.54) is 31.4 Å². The maximum Gasteiger partial charge on any atom is 0.111 e. The molecule has 0 bridgehead atoms. The van der Waals surface area contributed by atoms with Crippen molar-refractivity contribution in [3.8, 4) is 0 Å². The molecule has 1 aliphatic carbocycles. The molecule has 1 saturated carbocycles. The second-order valence-corrected chi connectivity index (χ2v) is 5.16. The fourth-order valence-electron chi connectivity index (χ4n) is 2.64. The molecule has 2 aliphatic rings. The Labute approximate surface area is 102 Å². The maximum absolute atomic E-state index is 5.79. The largest absolute Gasteiger partial charge is 0.369 e. The van der Waals surface area contributed by atoms with E-state index in [9.17, 15) is 0 Å². The summed E-state index contributed by atoms with van der Waals surface area (Å²) in [6.07, 6.45) is 9.66. The number of imidazole rings is 1. The van der Waals surface area contributed by atoms with E-state index in [1.54, 1.807) is 0 Å². The second kappa shape index (κ2) is 5.19. The average molecular weight is 235 g/mol. The second-order valence-electron chi connectivity index (χ2n) is 5.16. The smallest absolute Gasteiger partial charge is 0.111 e. The molecule has 0 spiro atoms. The summed E-state index contributed by atoms with van der Waals surface area (Å²) in [7, 11) is 0. The quantitative estimate of drug-likeness (QED) is 0.864. The molecule has 0 amide bonds. The lowest BCUT2D eigenvalue weighted by Gasteiger charge is -2.27. The summed E-state index contributed by atoms with van der Waals surface area (Å²) >= 11 is 0. The third kappa shape index (κ3) is 2.53. The number of ether oxygens (including phenoxy) is 1. The first-order valence-electron chi connectivity index (χ1n) is 6.76. The lowest BCUT2D eigenvalue weighted by atomic mass is 9.83. The number of nitrogens with one attached hydrogen (secondary N) is 1. The third-order valence-electron chi connectivity index (χ3n) is 4.00. The van der Waals surface area contributed by atoms with Crippen molar-refractivity contribution in [1.29, 1.82) is 0 Å². The molecule has 4 nitrogen and oxygen atoms in total. The van der Waals surface area contributed by atoms with Crippen molar-refractivity contribution < 1.29 is 4.74 Å². The molecule has 1 unspecified atom stereocenters. The molecule has 1 aliphatic heterocycles. The minimum absolute atomic E-state index is 0.188. The first-order valence-corrected chi connectivity index (χ1v) is 6.76. The summed E-state index contributed by atoms with van der Waals surface area (Å²) in [5.74, 6) is 0.954. The molecule has 1 aromatic rings. The van der Waals surface area contributed by atoms with Crippen LogP contribution in [0, 0.1) is 5.92 Å². The average Bonchev–Trinajstić information content (AvgIpc) is 2.76. The van der Waals surface area contributed by atoms with Gasteiger partial charge in [0.1, 0.15) is 6.10 Å². The predicted octanol–water partition coefficient (Wildman–Crippen LogP) is 1.73. The maximum atomic E-state index is 5.79. The SMILES string of the molecule is c1ncn(CCC2CCC2)c1C1CNCCO1. The van der Waals surface area contributed by atoms with E-state index < -0.39 is 0 Å². The zero-order valence-corrected chi connectivity index (χ0v) is 10.3. The predicted molar refractivity (Wildman–Crippen MR) is 65.7 cm³/mol. The molecule has 0 radical (unpaired) electrons. The van der Waals surface area contributed by atoms with Gasteiger partial charge in [0.05, 0.1) is 24.8 Å². The van der Waals surface area contributed by atoms with E-state index in [-0.39, 0.29) is 6.10 Å². The Morgan fingerprint density at radius 1 is 1.47 bits per heavy atom. The summed E-state index contributed by atoms with van der Waals surface area (Å²) in [6, 6.07) is 0. The zero-order valence-electron chi connectivity index (χ0n) is 10.3. The summed E-state index contributed by atoms with van der Waals surface area (Å²) < 4.78 is 8.06. The molecule has 1 atom stereocenters. The van der Waals surface area contributed by atoms with Crippen LogP contribution in [0.5, 0.6) is 0 Å². The minimum Gasteiger partial charge on any atom is -0.369 e. The third-order valence-corrected chi connectivity index (χ3v) is 4.00. The van der Waals surface area contributed by atoms with E-state index in [0.717, 1.165) is 32.2 Å². The van der Waals surface area contributed by atoms with Crippen LogP contribution >= 0.6 is 0 Å². The van der Waals surface area contributed by atoms with Gasteiger partial charge in [-0.2, -0.15) is 0 Å². The van der Waals surface area contributed by atoms with Crippen molar-refractivity contribution in [2.24, 2.45) is 5.92 Å². The Balaban J connectivity index is 1.61. The zero-order chi connectivity index (χ0) is 11.5. The van der Waals surface area contributed by atoms with E-state index in [1.807, 2.05) is 12.5 Å². The van der Waals surface area contributed by atoms with Gasteiger partial charge in [-0.1, -0.05) is 19.3 Å². The minimum atomic E-state index is 0.188. The Hall–Kier alpha value is -0.870. The highest BCUT2D eigenvalue weighted by molar-refractivity contribution is 5.04. The molecular formula is C13H21N3O.